The van der Waals surface area contributed by atoms with E-state index in [2.05, 4.69) is 0 Å². The molecule has 1 aliphatic carbocycles. The van der Waals surface area contributed by atoms with Gasteiger partial charge in [0.25, 0.3) is 5.91 Å². The summed E-state index contributed by atoms with van der Waals surface area (Å²) >= 11 is 0. The van der Waals surface area contributed by atoms with Crippen molar-refractivity contribution in [3.8, 4) is 0 Å². The van der Waals surface area contributed by atoms with Crippen molar-refractivity contribution in [1.29, 1.82) is 0 Å². The average Bonchev–Trinajstić information content (AvgIpc) is 3.00. The lowest BCUT2D eigenvalue weighted by molar-refractivity contribution is -0.151. The number of halogens is 2. The summed E-state index contributed by atoms with van der Waals surface area (Å²) in [5.74, 6) is -6.04. The summed E-state index contributed by atoms with van der Waals surface area (Å²) < 4.78 is 26.9. The Morgan fingerprint density at radius 3 is 2.09 bits per heavy atom. The van der Waals surface area contributed by atoms with Gasteiger partial charge in [0.05, 0.1) is 5.56 Å². The first kappa shape index (κ1) is 14.4. The van der Waals surface area contributed by atoms with Crippen LogP contribution >= 0.6 is 0 Å². The van der Waals surface area contributed by atoms with Crippen molar-refractivity contribution in [3.05, 3.63) is 35.4 Å². The molecule has 1 aromatic carbocycles. The molecule has 116 valence electrons. The fraction of sp³-hybridized carbons (Fsp3) is 0.357. The van der Waals surface area contributed by atoms with Crippen LogP contribution in [0.3, 0.4) is 0 Å². The van der Waals surface area contributed by atoms with E-state index in [4.69, 9.17) is 0 Å². The smallest absolute Gasteiger partial charge is 0.312 e. The molecule has 1 aromatic rings. The number of rotatable bonds is 3. The van der Waals surface area contributed by atoms with E-state index in [0.29, 0.717) is 0 Å². The third kappa shape index (κ3) is 1.60. The molecular weight excluding hydrogens is 300 g/mol. The lowest BCUT2D eigenvalue weighted by Crippen LogP contribution is -2.35. The van der Waals surface area contributed by atoms with E-state index in [1.165, 1.54) is 0 Å². The molecule has 0 bridgehead atoms. The predicted molar refractivity (Wildman–Crippen MR) is 67.0 cm³/mol. The van der Waals surface area contributed by atoms with E-state index in [0.717, 1.165) is 23.1 Å². The van der Waals surface area contributed by atoms with Gasteiger partial charge in [-0.05, 0) is 18.6 Å². The van der Waals surface area contributed by atoms with Gasteiger partial charge in [-0.15, -0.1) is 0 Å². The van der Waals surface area contributed by atoms with Crippen LogP contribution in [0.25, 0.3) is 0 Å². The molecule has 0 unspecified atom stereocenters. The number of likely N-dealkylation sites (tertiary alicyclic amines) is 1. The van der Waals surface area contributed by atoms with Gasteiger partial charge in [-0.3, -0.25) is 14.4 Å². The molecule has 2 atom stereocenters. The number of fused-ring (bicyclic) bond motifs is 1. The number of piperidine rings is 1. The molecule has 2 N–H and O–H groups in total. The number of hydrogen-bond donors (Lipinski definition) is 2. The maximum Gasteiger partial charge on any atom is 0.312 e. The molecule has 1 aliphatic heterocycles. The number of carbonyl (C=O) groups is 3. The van der Waals surface area contributed by atoms with Gasteiger partial charge < -0.3 is 15.1 Å². The van der Waals surface area contributed by atoms with Crippen molar-refractivity contribution >= 4 is 17.8 Å². The monoisotopic (exact) mass is 311 g/mol. The Morgan fingerprint density at radius 1 is 1.05 bits per heavy atom. The van der Waals surface area contributed by atoms with Crippen LogP contribution in [-0.2, 0) is 9.59 Å². The normalized spacial score (nSPS) is 29.1. The van der Waals surface area contributed by atoms with Crippen LogP contribution in [0, 0.1) is 22.5 Å². The number of carboxylic acid groups (broad SMARTS) is 2. The van der Waals surface area contributed by atoms with Gasteiger partial charge in [0.15, 0.2) is 11.6 Å². The Balaban J connectivity index is 1.93. The Labute approximate surface area is 123 Å². The summed E-state index contributed by atoms with van der Waals surface area (Å²) in [6, 6.07) is 3.08. The maximum absolute atomic E-state index is 13.7. The molecule has 1 heterocycles. The summed E-state index contributed by atoms with van der Waals surface area (Å²) in [6.07, 6.45) is -0.0694. The van der Waals surface area contributed by atoms with Crippen LogP contribution < -0.4 is 0 Å². The van der Waals surface area contributed by atoms with Crippen LogP contribution in [0.5, 0.6) is 0 Å². The highest BCUT2D eigenvalue weighted by Crippen LogP contribution is 2.68. The Morgan fingerprint density at radius 2 is 1.59 bits per heavy atom. The van der Waals surface area contributed by atoms with E-state index in [9.17, 15) is 33.4 Å². The number of benzene rings is 1. The Hall–Kier alpha value is -2.51. The van der Waals surface area contributed by atoms with Crippen LogP contribution in [-0.4, -0.2) is 46.0 Å². The standard InChI is InChI=1S/C14H11F2NO5/c15-8-3-1-2-7(9(8)16)10(18)17-5-13(11(19)20)4-14(13,6-17)12(21)22/h1-3H,4-6H2,(H,19,20)(H,21,22)/t13-,14+. The lowest BCUT2D eigenvalue weighted by Gasteiger charge is -2.20. The number of nitrogens with zero attached hydrogens (tertiary/aromatic N) is 1. The third-order valence-electron chi connectivity index (χ3n) is 4.60. The zero-order valence-electron chi connectivity index (χ0n) is 11.2. The quantitative estimate of drug-likeness (QED) is 0.867. The van der Waals surface area contributed by atoms with E-state index in [-0.39, 0.29) is 19.5 Å². The number of carboxylic acids is 2. The molecule has 1 saturated heterocycles. The molecule has 6 nitrogen and oxygen atoms in total. The summed E-state index contributed by atoms with van der Waals surface area (Å²) in [5, 5.41) is 18.5. The van der Waals surface area contributed by atoms with E-state index < -0.39 is 45.9 Å². The van der Waals surface area contributed by atoms with Gasteiger partial charge in [0, 0.05) is 13.1 Å². The second-order valence-electron chi connectivity index (χ2n) is 5.71. The van der Waals surface area contributed by atoms with Gasteiger partial charge in [-0.1, -0.05) is 6.07 Å². The first-order chi connectivity index (χ1) is 10.2. The Kier molecular flexibility index (Phi) is 2.79. The van der Waals surface area contributed by atoms with Gasteiger partial charge in [-0.2, -0.15) is 0 Å². The van der Waals surface area contributed by atoms with Crippen LogP contribution in [0.1, 0.15) is 16.8 Å². The van der Waals surface area contributed by atoms with E-state index >= 15 is 0 Å². The number of carbonyl (C=O) groups excluding carboxylic acids is 1. The van der Waals surface area contributed by atoms with Crippen molar-refractivity contribution in [2.24, 2.45) is 10.8 Å². The molecule has 2 aliphatic rings. The predicted octanol–water partition coefficient (Wildman–Crippen LogP) is 0.966. The minimum absolute atomic E-state index is 0.0694. The number of aliphatic carboxylic acids is 2. The molecular formula is C14H11F2NO5. The topological polar surface area (TPSA) is 94.9 Å². The first-order valence-corrected chi connectivity index (χ1v) is 6.45. The molecule has 1 amide bonds. The average molecular weight is 311 g/mol. The van der Waals surface area contributed by atoms with Gasteiger partial charge in [0.1, 0.15) is 10.8 Å². The molecule has 8 heteroatoms. The van der Waals surface area contributed by atoms with Crippen molar-refractivity contribution in [3.63, 3.8) is 0 Å². The highest BCUT2D eigenvalue weighted by atomic mass is 19.2. The summed E-state index contributed by atoms with van der Waals surface area (Å²) in [6.45, 7) is -0.660. The van der Waals surface area contributed by atoms with E-state index in [1.54, 1.807) is 0 Å². The van der Waals surface area contributed by atoms with Crippen LogP contribution in [0.4, 0.5) is 8.78 Å². The minimum atomic E-state index is -1.54. The zero-order chi connectivity index (χ0) is 16.3. The SMILES string of the molecule is O=C(c1cccc(F)c1F)N1C[C@@]2(C(=O)O)C[C@@]2(C(=O)O)C1. The number of amides is 1. The van der Waals surface area contributed by atoms with Crippen molar-refractivity contribution in [2.75, 3.05) is 13.1 Å². The van der Waals surface area contributed by atoms with Crippen molar-refractivity contribution in [2.45, 2.75) is 6.42 Å². The summed E-state index contributed by atoms with van der Waals surface area (Å²) in [4.78, 5) is 35.9. The largest absolute Gasteiger partial charge is 0.481 e. The maximum atomic E-state index is 13.7. The molecule has 2 fully saturated rings. The van der Waals surface area contributed by atoms with Crippen LogP contribution in [0.2, 0.25) is 0 Å². The summed E-state index contributed by atoms with van der Waals surface area (Å²) in [5.41, 5.74) is -3.63. The second-order valence-corrected chi connectivity index (χ2v) is 5.71. The zero-order valence-corrected chi connectivity index (χ0v) is 11.2. The third-order valence-corrected chi connectivity index (χ3v) is 4.60. The highest BCUT2D eigenvalue weighted by molar-refractivity contribution is 6.00. The van der Waals surface area contributed by atoms with Crippen molar-refractivity contribution < 1.29 is 33.4 Å². The lowest BCUT2D eigenvalue weighted by atomic mass is 9.97. The Bertz CT molecular complexity index is 693. The fourth-order valence-corrected chi connectivity index (χ4v) is 3.27. The molecule has 1 saturated carbocycles. The molecule has 0 spiro atoms. The first-order valence-electron chi connectivity index (χ1n) is 6.45. The number of hydrogen-bond acceptors (Lipinski definition) is 3. The fourth-order valence-electron chi connectivity index (χ4n) is 3.27. The highest BCUT2D eigenvalue weighted by Gasteiger charge is 2.81. The van der Waals surface area contributed by atoms with Crippen LogP contribution in [0.15, 0.2) is 18.2 Å². The summed E-state index contributed by atoms with van der Waals surface area (Å²) in [7, 11) is 0. The molecule has 0 radical (unpaired) electrons. The second kappa shape index (κ2) is 4.25. The molecule has 3 rings (SSSR count). The molecule has 22 heavy (non-hydrogen) atoms. The minimum Gasteiger partial charge on any atom is -0.481 e. The van der Waals surface area contributed by atoms with E-state index in [1.807, 2.05) is 0 Å². The van der Waals surface area contributed by atoms with Crippen molar-refractivity contribution in [1.82, 2.24) is 4.90 Å². The van der Waals surface area contributed by atoms with Gasteiger partial charge >= 0.3 is 11.9 Å². The molecule has 0 aromatic heterocycles. The van der Waals surface area contributed by atoms with Gasteiger partial charge in [0.2, 0.25) is 0 Å². The van der Waals surface area contributed by atoms with Gasteiger partial charge in [-0.25, -0.2) is 8.78 Å².